The summed E-state index contributed by atoms with van der Waals surface area (Å²) in [5.74, 6) is 0. The molecule has 0 aliphatic heterocycles. The van der Waals surface area contributed by atoms with Crippen LogP contribution in [0.3, 0.4) is 0 Å². The highest BCUT2D eigenvalue weighted by molar-refractivity contribution is 5.17. The Balaban J connectivity index is 0.000000180. The fourth-order valence-corrected chi connectivity index (χ4v) is 1.56. The van der Waals surface area contributed by atoms with Crippen LogP contribution in [0.1, 0.15) is 24.1 Å². The topological polar surface area (TPSA) is 38.0 Å². The Morgan fingerprint density at radius 1 is 0.944 bits per heavy atom. The zero-order valence-corrected chi connectivity index (χ0v) is 11.1. The zero-order valence-electron chi connectivity index (χ0n) is 11.1. The van der Waals surface area contributed by atoms with E-state index in [0.717, 1.165) is 6.54 Å². The molecule has 96 valence electrons. The highest BCUT2D eigenvalue weighted by Gasteiger charge is 1.93. The molecule has 2 aromatic carbocycles. The number of nitrogens with two attached hydrogens (primary N) is 1. The van der Waals surface area contributed by atoms with Crippen LogP contribution in [0.2, 0.25) is 0 Å². The molecule has 0 saturated carbocycles. The number of hydrogen-bond donors (Lipinski definition) is 2. The van der Waals surface area contributed by atoms with Crippen LogP contribution in [0.25, 0.3) is 0 Å². The Labute approximate surface area is 110 Å². The van der Waals surface area contributed by atoms with Crippen molar-refractivity contribution in [2.24, 2.45) is 5.73 Å². The minimum Gasteiger partial charge on any atom is -0.324 e. The first-order valence-corrected chi connectivity index (χ1v) is 6.23. The van der Waals surface area contributed by atoms with Gasteiger partial charge in [-0.1, -0.05) is 60.7 Å². The van der Waals surface area contributed by atoms with E-state index in [-0.39, 0.29) is 6.04 Å². The maximum atomic E-state index is 5.61. The van der Waals surface area contributed by atoms with Gasteiger partial charge < -0.3 is 11.1 Å². The molecular weight excluding hydrogens is 220 g/mol. The fourth-order valence-electron chi connectivity index (χ4n) is 1.56. The summed E-state index contributed by atoms with van der Waals surface area (Å²) in [6.07, 6.45) is 0. The Morgan fingerprint density at radius 3 is 1.83 bits per heavy atom. The lowest BCUT2D eigenvalue weighted by Gasteiger charge is -2.02. The van der Waals surface area contributed by atoms with E-state index in [1.807, 2.05) is 62.5 Å². The molecule has 0 saturated heterocycles. The first-order valence-electron chi connectivity index (χ1n) is 6.23. The Hall–Kier alpha value is -1.64. The van der Waals surface area contributed by atoms with E-state index in [9.17, 15) is 0 Å². The standard InChI is InChI=1S/2C8H11N/c1-9-7-8-5-3-2-4-6-8;1-7(9)8-5-3-2-4-6-8/h2-6,9H,7H2,1H3;2-7H,9H2,1H3/t;7-/m.1/s1. The molecule has 2 heteroatoms. The third-order valence-corrected chi connectivity index (χ3v) is 2.55. The SMILES string of the molecule is CNCc1ccccc1.C[C@@H](N)c1ccccc1. The Morgan fingerprint density at radius 2 is 1.44 bits per heavy atom. The highest BCUT2D eigenvalue weighted by Crippen LogP contribution is 2.06. The minimum absolute atomic E-state index is 0.159. The van der Waals surface area contributed by atoms with Crippen molar-refractivity contribution in [3.63, 3.8) is 0 Å². The van der Waals surface area contributed by atoms with Gasteiger partial charge in [-0.3, -0.25) is 0 Å². The van der Waals surface area contributed by atoms with E-state index in [1.165, 1.54) is 11.1 Å². The molecule has 18 heavy (non-hydrogen) atoms. The van der Waals surface area contributed by atoms with Crippen molar-refractivity contribution in [2.75, 3.05) is 7.05 Å². The van der Waals surface area contributed by atoms with Crippen LogP contribution in [-0.2, 0) is 6.54 Å². The second-order valence-electron chi connectivity index (χ2n) is 4.22. The van der Waals surface area contributed by atoms with Crippen molar-refractivity contribution in [3.8, 4) is 0 Å². The van der Waals surface area contributed by atoms with Crippen molar-refractivity contribution >= 4 is 0 Å². The maximum absolute atomic E-state index is 5.61. The first-order chi connectivity index (χ1) is 8.74. The Kier molecular flexibility index (Phi) is 6.77. The summed E-state index contributed by atoms with van der Waals surface area (Å²) < 4.78 is 0. The van der Waals surface area contributed by atoms with Gasteiger partial charge in [-0.2, -0.15) is 0 Å². The lowest BCUT2D eigenvalue weighted by atomic mass is 10.1. The van der Waals surface area contributed by atoms with Gasteiger partial charge in [0.25, 0.3) is 0 Å². The van der Waals surface area contributed by atoms with E-state index < -0.39 is 0 Å². The summed E-state index contributed by atoms with van der Waals surface area (Å²) in [5, 5.41) is 3.08. The molecule has 0 amide bonds. The minimum atomic E-state index is 0.159. The zero-order chi connectivity index (χ0) is 13.2. The molecule has 0 aromatic heterocycles. The third kappa shape index (κ3) is 5.62. The third-order valence-electron chi connectivity index (χ3n) is 2.55. The van der Waals surface area contributed by atoms with Gasteiger partial charge in [-0.05, 0) is 25.1 Å². The van der Waals surface area contributed by atoms with E-state index in [0.29, 0.717) is 0 Å². The molecule has 0 heterocycles. The molecule has 2 nitrogen and oxygen atoms in total. The number of nitrogens with one attached hydrogen (secondary N) is 1. The van der Waals surface area contributed by atoms with Gasteiger partial charge in [0.1, 0.15) is 0 Å². The second kappa shape index (κ2) is 8.45. The summed E-state index contributed by atoms with van der Waals surface area (Å²) in [5.41, 5.74) is 8.14. The molecule has 0 bridgehead atoms. The predicted molar refractivity (Wildman–Crippen MR) is 78.3 cm³/mol. The van der Waals surface area contributed by atoms with Crippen LogP contribution in [0, 0.1) is 0 Å². The highest BCUT2D eigenvalue weighted by atomic mass is 14.8. The summed E-state index contributed by atoms with van der Waals surface area (Å²) >= 11 is 0. The molecule has 3 N–H and O–H groups in total. The molecular formula is C16H22N2. The maximum Gasteiger partial charge on any atom is 0.0266 e. The van der Waals surface area contributed by atoms with Crippen molar-refractivity contribution in [1.29, 1.82) is 0 Å². The monoisotopic (exact) mass is 242 g/mol. The summed E-state index contributed by atoms with van der Waals surface area (Å²) in [6, 6.07) is 20.6. The molecule has 2 rings (SSSR count). The molecule has 2 aromatic rings. The number of hydrogen-bond acceptors (Lipinski definition) is 2. The summed E-state index contributed by atoms with van der Waals surface area (Å²) in [4.78, 5) is 0. The molecule has 0 aliphatic carbocycles. The lowest BCUT2D eigenvalue weighted by Crippen LogP contribution is -2.04. The van der Waals surface area contributed by atoms with Crippen molar-refractivity contribution < 1.29 is 0 Å². The summed E-state index contributed by atoms with van der Waals surface area (Å²) in [6.45, 7) is 2.94. The number of benzene rings is 2. The second-order valence-corrected chi connectivity index (χ2v) is 4.22. The average molecular weight is 242 g/mol. The Bertz CT molecular complexity index is 410. The predicted octanol–water partition coefficient (Wildman–Crippen LogP) is 3.11. The molecule has 0 unspecified atom stereocenters. The van der Waals surface area contributed by atoms with Crippen LogP contribution < -0.4 is 11.1 Å². The number of rotatable bonds is 3. The largest absolute Gasteiger partial charge is 0.324 e. The summed E-state index contributed by atoms with van der Waals surface area (Å²) in [7, 11) is 1.95. The van der Waals surface area contributed by atoms with Crippen LogP contribution >= 0.6 is 0 Å². The normalized spacial score (nSPS) is 11.3. The van der Waals surface area contributed by atoms with E-state index in [4.69, 9.17) is 5.73 Å². The van der Waals surface area contributed by atoms with Gasteiger partial charge in [0, 0.05) is 12.6 Å². The smallest absolute Gasteiger partial charge is 0.0266 e. The first kappa shape index (κ1) is 14.4. The van der Waals surface area contributed by atoms with Gasteiger partial charge in [-0.15, -0.1) is 0 Å². The molecule has 1 atom stereocenters. The van der Waals surface area contributed by atoms with Crippen molar-refractivity contribution in [3.05, 3.63) is 71.8 Å². The van der Waals surface area contributed by atoms with Crippen LogP contribution in [0.5, 0.6) is 0 Å². The van der Waals surface area contributed by atoms with E-state index in [1.54, 1.807) is 0 Å². The average Bonchev–Trinajstić information content (AvgIpc) is 2.42. The molecule has 0 spiro atoms. The quantitative estimate of drug-likeness (QED) is 0.868. The van der Waals surface area contributed by atoms with Gasteiger partial charge in [0.05, 0.1) is 0 Å². The van der Waals surface area contributed by atoms with Crippen LogP contribution in [0.15, 0.2) is 60.7 Å². The van der Waals surface area contributed by atoms with Gasteiger partial charge >= 0.3 is 0 Å². The van der Waals surface area contributed by atoms with Gasteiger partial charge in [-0.25, -0.2) is 0 Å². The van der Waals surface area contributed by atoms with Gasteiger partial charge in [0.2, 0.25) is 0 Å². The molecule has 0 fully saturated rings. The molecule has 0 radical (unpaired) electrons. The van der Waals surface area contributed by atoms with Crippen LogP contribution in [0.4, 0.5) is 0 Å². The van der Waals surface area contributed by atoms with Crippen molar-refractivity contribution in [1.82, 2.24) is 5.32 Å². The fraction of sp³-hybridized carbons (Fsp3) is 0.250. The van der Waals surface area contributed by atoms with E-state index >= 15 is 0 Å². The van der Waals surface area contributed by atoms with Crippen LogP contribution in [-0.4, -0.2) is 7.05 Å². The van der Waals surface area contributed by atoms with Gasteiger partial charge in [0.15, 0.2) is 0 Å². The molecule has 0 aliphatic rings. The lowest BCUT2D eigenvalue weighted by molar-refractivity contribution is 0.818. The van der Waals surface area contributed by atoms with E-state index in [2.05, 4.69) is 17.4 Å². The van der Waals surface area contributed by atoms with Crippen molar-refractivity contribution in [2.45, 2.75) is 19.5 Å².